The molecule has 0 spiro atoms. The van der Waals surface area contributed by atoms with Crippen molar-refractivity contribution < 1.29 is 19.1 Å². The van der Waals surface area contributed by atoms with Gasteiger partial charge in [0.15, 0.2) is 0 Å². The smallest absolute Gasteiger partial charge is 0.343 e. The summed E-state index contributed by atoms with van der Waals surface area (Å²) in [6.45, 7) is 3.79. The lowest BCUT2D eigenvalue weighted by atomic mass is 10.1. The lowest BCUT2D eigenvalue weighted by molar-refractivity contribution is -0.136. The fourth-order valence-electron chi connectivity index (χ4n) is 2.71. The predicted octanol–water partition coefficient (Wildman–Crippen LogP) is 3.61. The van der Waals surface area contributed by atoms with Gasteiger partial charge >= 0.3 is 17.8 Å². The van der Waals surface area contributed by atoms with Gasteiger partial charge in [-0.1, -0.05) is 35.9 Å². The summed E-state index contributed by atoms with van der Waals surface area (Å²) in [6.07, 6.45) is 1.38. The molecule has 2 N–H and O–H groups in total. The summed E-state index contributed by atoms with van der Waals surface area (Å²) in [5.74, 6) is -1.77. The van der Waals surface area contributed by atoms with Gasteiger partial charge in [0, 0.05) is 5.69 Å². The first-order chi connectivity index (χ1) is 14.9. The first-order valence-corrected chi connectivity index (χ1v) is 9.51. The molecule has 3 aromatic rings. The van der Waals surface area contributed by atoms with Gasteiger partial charge in [-0.05, 0) is 67.4 Å². The third-order valence-corrected chi connectivity index (χ3v) is 4.32. The van der Waals surface area contributed by atoms with Crippen molar-refractivity contribution in [2.24, 2.45) is 5.10 Å². The van der Waals surface area contributed by atoms with Crippen LogP contribution in [0, 0.1) is 13.8 Å². The van der Waals surface area contributed by atoms with E-state index in [2.05, 4.69) is 15.8 Å². The van der Waals surface area contributed by atoms with Gasteiger partial charge in [-0.2, -0.15) is 5.10 Å². The zero-order valence-electron chi connectivity index (χ0n) is 17.1. The van der Waals surface area contributed by atoms with Crippen molar-refractivity contribution in [2.75, 3.05) is 5.32 Å². The average Bonchev–Trinajstić information content (AvgIpc) is 2.77. The lowest BCUT2D eigenvalue weighted by Crippen LogP contribution is -2.32. The molecule has 0 atom stereocenters. The van der Waals surface area contributed by atoms with E-state index in [-0.39, 0.29) is 0 Å². The van der Waals surface area contributed by atoms with Gasteiger partial charge in [-0.25, -0.2) is 10.2 Å². The number of nitrogens with zero attached hydrogens (tertiary/aromatic N) is 1. The third-order valence-electron chi connectivity index (χ3n) is 4.32. The topological polar surface area (TPSA) is 96.9 Å². The van der Waals surface area contributed by atoms with Crippen molar-refractivity contribution in [3.05, 3.63) is 95.1 Å². The molecule has 156 valence electrons. The van der Waals surface area contributed by atoms with E-state index >= 15 is 0 Å². The van der Waals surface area contributed by atoms with Crippen molar-refractivity contribution in [1.29, 1.82) is 0 Å². The standard InChI is InChI=1S/C24H21N3O4/c1-16-8-13-21(17(2)14-16)26-22(28)23(29)27-25-15-18-9-11-20(12-10-18)31-24(30)19-6-4-3-5-7-19/h3-15H,1-2H3,(H,26,28)(H,27,29)/b25-15+. The van der Waals surface area contributed by atoms with E-state index in [1.807, 2.05) is 32.0 Å². The van der Waals surface area contributed by atoms with Crippen LogP contribution < -0.4 is 15.5 Å². The Morgan fingerprint density at radius 2 is 1.58 bits per heavy atom. The summed E-state index contributed by atoms with van der Waals surface area (Å²) >= 11 is 0. The monoisotopic (exact) mass is 415 g/mol. The molecule has 0 fully saturated rings. The lowest BCUT2D eigenvalue weighted by Gasteiger charge is -2.08. The van der Waals surface area contributed by atoms with E-state index in [9.17, 15) is 14.4 Å². The van der Waals surface area contributed by atoms with E-state index in [0.29, 0.717) is 22.6 Å². The van der Waals surface area contributed by atoms with Gasteiger partial charge in [0.1, 0.15) is 5.75 Å². The van der Waals surface area contributed by atoms with Crippen molar-refractivity contribution in [1.82, 2.24) is 5.43 Å². The van der Waals surface area contributed by atoms with Gasteiger partial charge in [-0.15, -0.1) is 0 Å². The minimum Gasteiger partial charge on any atom is -0.423 e. The van der Waals surface area contributed by atoms with Crippen LogP contribution in [0.5, 0.6) is 5.75 Å². The molecule has 31 heavy (non-hydrogen) atoms. The number of hydrogen-bond donors (Lipinski definition) is 2. The number of aryl methyl sites for hydroxylation is 2. The Hall–Kier alpha value is -4.26. The number of hydrogen-bond acceptors (Lipinski definition) is 5. The molecule has 0 aliphatic carbocycles. The fraction of sp³-hybridized carbons (Fsp3) is 0.0833. The fourth-order valence-corrected chi connectivity index (χ4v) is 2.71. The maximum atomic E-state index is 12.0. The number of hydrazone groups is 1. The van der Waals surface area contributed by atoms with E-state index in [0.717, 1.165) is 11.1 Å². The molecule has 0 unspecified atom stereocenters. The Morgan fingerprint density at radius 1 is 0.871 bits per heavy atom. The molecule has 2 amide bonds. The number of ether oxygens (including phenoxy) is 1. The second-order valence-electron chi connectivity index (χ2n) is 6.80. The summed E-state index contributed by atoms with van der Waals surface area (Å²) in [7, 11) is 0. The van der Waals surface area contributed by atoms with E-state index in [1.165, 1.54) is 6.21 Å². The highest BCUT2D eigenvalue weighted by molar-refractivity contribution is 6.39. The molecule has 3 aromatic carbocycles. The predicted molar refractivity (Wildman–Crippen MR) is 118 cm³/mol. The van der Waals surface area contributed by atoms with Gasteiger partial charge in [0.05, 0.1) is 11.8 Å². The quantitative estimate of drug-likeness (QED) is 0.219. The van der Waals surface area contributed by atoms with Gasteiger partial charge in [0.25, 0.3) is 0 Å². The first-order valence-electron chi connectivity index (χ1n) is 9.51. The minimum absolute atomic E-state index is 0.378. The number of anilines is 1. The van der Waals surface area contributed by atoms with E-state index in [4.69, 9.17) is 4.74 Å². The molecule has 7 nitrogen and oxygen atoms in total. The molecule has 0 heterocycles. The molecular formula is C24H21N3O4. The Kier molecular flexibility index (Phi) is 6.90. The second kappa shape index (κ2) is 9.98. The van der Waals surface area contributed by atoms with Crippen LogP contribution in [0.3, 0.4) is 0 Å². The average molecular weight is 415 g/mol. The molecule has 0 aliphatic rings. The number of carbonyl (C=O) groups excluding carboxylic acids is 3. The van der Waals surface area contributed by atoms with Gasteiger partial charge in [0.2, 0.25) is 0 Å². The zero-order chi connectivity index (χ0) is 22.2. The SMILES string of the molecule is Cc1ccc(NC(=O)C(=O)N/N=C/c2ccc(OC(=O)c3ccccc3)cc2)c(C)c1. The number of carbonyl (C=O) groups is 3. The molecule has 0 saturated carbocycles. The minimum atomic E-state index is -0.885. The third kappa shape index (κ3) is 6.11. The van der Waals surface area contributed by atoms with Crippen molar-refractivity contribution in [2.45, 2.75) is 13.8 Å². The van der Waals surface area contributed by atoms with Gasteiger partial charge in [-0.3, -0.25) is 9.59 Å². The number of nitrogens with one attached hydrogen (secondary N) is 2. The maximum Gasteiger partial charge on any atom is 0.343 e. The van der Waals surface area contributed by atoms with Crippen molar-refractivity contribution >= 4 is 29.7 Å². The van der Waals surface area contributed by atoms with Crippen molar-refractivity contribution in [3.63, 3.8) is 0 Å². The molecule has 0 aromatic heterocycles. The second-order valence-corrected chi connectivity index (χ2v) is 6.80. The molecule has 3 rings (SSSR count). The van der Waals surface area contributed by atoms with Crippen LogP contribution in [-0.2, 0) is 9.59 Å². The summed E-state index contributed by atoms with van der Waals surface area (Å²) in [4.78, 5) is 36.0. The highest BCUT2D eigenvalue weighted by Gasteiger charge is 2.14. The van der Waals surface area contributed by atoms with Crippen LogP contribution in [-0.4, -0.2) is 24.0 Å². The number of esters is 1. The summed E-state index contributed by atoms with van der Waals surface area (Å²) in [5.41, 5.74) is 5.77. The molecular weight excluding hydrogens is 394 g/mol. The zero-order valence-corrected chi connectivity index (χ0v) is 17.1. The number of rotatable bonds is 5. The maximum absolute atomic E-state index is 12.0. The Labute approximate surface area is 179 Å². The van der Waals surface area contributed by atoms with E-state index < -0.39 is 17.8 Å². The van der Waals surface area contributed by atoms with Gasteiger partial charge < -0.3 is 10.1 Å². The number of benzene rings is 3. The van der Waals surface area contributed by atoms with E-state index in [1.54, 1.807) is 54.6 Å². The van der Waals surface area contributed by atoms with Crippen LogP contribution in [0.2, 0.25) is 0 Å². The normalized spacial score (nSPS) is 10.5. The van der Waals surface area contributed by atoms with Crippen LogP contribution in [0.4, 0.5) is 5.69 Å². The highest BCUT2D eigenvalue weighted by atomic mass is 16.5. The Bertz CT molecular complexity index is 1120. The Morgan fingerprint density at radius 3 is 2.26 bits per heavy atom. The van der Waals surface area contributed by atoms with Crippen molar-refractivity contribution in [3.8, 4) is 5.75 Å². The van der Waals surface area contributed by atoms with Crippen LogP contribution >= 0.6 is 0 Å². The summed E-state index contributed by atoms with van der Waals surface area (Å²) in [6, 6.07) is 20.7. The molecule has 0 bridgehead atoms. The largest absolute Gasteiger partial charge is 0.423 e. The first kappa shape index (κ1) is 21.4. The number of amides is 2. The molecule has 0 saturated heterocycles. The van der Waals surface area contributed by atoms with Crippen LogP contribution in [0.1, 0.15) is 27.0 Å². The van der Waals surface area contributed by atoms with Crippen LogP contribution in [0.15, 0.2) is 77.9 Å². The summed E-state index contributed by atoms with van der Waals surface area (Å²) in [5, 5.41) is 6.34. The van der Waals surface area contributed by atoms with Crippen LogP contribution in [0.25, 0.3) is 0 Å². The summed E-state index contributed by atoms with van der Waals surface area (Å²) < 4.78 is 5.30. The molecule has 0 aliphatic heterocycles. The Balaban J connectivity index is 1.51. The molecule has 7 heteroatoms. The molecule has 0 radical (unpaired) electrons. The highest BCUT2D eigenvalue weighted by Crippen LogP contribution is 2.16.